The van der Waals surface area contributed by atoms with Gasteiger partial charge in [0, 0.05) is 5.92 Å². The van der Waals surface area contributed by atoms with E-state index in [0.717, 1.165) is 11.8 Å². The summed E-state index contributed by atoms with van der Waals surface area (Å²) in [7, 11) is 0. The van der Waals surface area contributed by atoms with Gasteiger partial charge in [0.15, 0.2) is 5.78 Å². The topological polar surface area (TPSA) is 43.1 Å². The second-order valence-corrected chi connectivity index (χ2v) is 6.70. The number of Topliss-reactive ketones (excluding diaryl/α,β-unsaturated/α-hetero) is 1. The first-order chi connectivity index (χ1) is 8.02. The zero-order valence-electron chi connectivity index (χ0n) is 11.4. The number of hydrogen-bond donors (Lipinski definition) is 1. The minimum absolute atomic E-state index is 0.0894. The third-order valence-corrected chi connectivity index (χ3v) is 5.10. The van der Waals surface area contributed by atoms with E-state index in [1.54, 1.807) is 0 Å². The van der Waals surface area contributed by atoms with Crippen LogP contribution in [0.2, 0.25) is 0 Å². The molecule has 2 aliphatic rings. The highest BCUT2D eigenvalue weighted by Crippen LogP contribution is 2.53. The van der Waals surface area contributed by atoms with Crippen molar-refractivity contribution in [1.29, 1.82) is 0 Å². The van der Waals surface area contributed by atoms with Crippen LogP contribution in [0.1, 0.15) is 65.2 Å². The minimum Gasteiger partial charge on any atom is -0.321 e. The highest BCUT2D eigenvalue weighted by atomic mass is 16.1. The highest BCUT2D eigenvalue weighted by molar-refractivity contribution is 5.85. The monoisotopic (exact) mass is 237 g/mol. The zero-order chi connectivity index (χ0) is 12.5. The summed E-state index contributed by atoms with van der Waals surface area (Å²) in [6, 6.07) is -0.213. The summed E-state index contributed by atoms with van der Waals surface area (Å²) in [5, 5.41) is 0. The second-order valence-electron chi connectivity index (χ2n) is 6.70. The van der Waals surface area contributed by atoms with E-state index in [0.29, 0.717) is 5.92 Å². The Kier molecular flexibility index (Phi) is 3.92. The van der Waals surface area contributed by atoms with Gasteiger partial charge in [-0.1, -0.05) is 20.3 Å². The highest BCUT2D eigenvalue weighted by Gasteiger charge is 2.40. The largest absolute Gasteiger partial charge is 0.321 e. The van der Waals surface area contributed by atoms with Crippen molar-refractivity contribution in [3.05, 3.63) is 0 Å². The standard InChI is InChI=1S/C15H27NO/c1-11(2)14(17)13(16)10-12-4-8-15(9-5-12)6-3-7-15/h11-13H,3-10,16H2,1-2H3. The van der Waals surface area contributed by atoms with Gasteiger partial charge in [0.2, 0.25) is 0 Å². The molecule has 2 rings (SSSR count). The van der Waals surface area contributed by atoms with Crippen molar-refractivity contribution >= 4 is 5.78 Å². The van der Waals surface area contributed by atoms with Crippen molar-refractivity contribution in [1.82, 2.24) is 0 Å². The molecule has 0 radical (unpaired) electrons. The quantitative estimate of drug-likeness (QED) is 0.815. The van der Waals surface area contributed by atoms with E-state index < -0.39 is 0 Å². The molecule has 0 heterocycles. The number of nitrogens with two attached hydrogens (primary N) is 1. The Morgan fingerprint density at radius 1 is 1.24 bits per heavy atom. The van der Waals surface area contributed by atoms with Gasteiger partial charge in [-0.15, -0.1) is 0 Å². The summed E-state index contributed by atoms with van der Waals surface area (Å²) < 4.78 is 0. The van der Waals surface area contributed by atoms with Crippen LogP contribution in [0.3, 0.4) is 0 Å². The van der Waals surface area contributed by atoms with Gasteiger partial charge in [-0.2, -0.15) is 0 Å². The van der Waals surface area contributed by atoms with Gasteiger partial charge < -0.3 is 5.73 Å². The number of rotatable bonds is 4. The molecule has 0 amide bonds. The van der Waals surface area contributed by atoms with Crippen LogP contribution in [0.4, 0.5) is 0 Å². The molecule has 0 saturated heterocycles. The van der Waals surface area contributed by atoms with Gasteiger partial charge in [0.25, 0.3) is 0 Å². The molecule has 0 bridgehead atoms. The van der Waals surface area contributed by atoms with Crippen LogP contribution in [0, 0.1) is 17.3 Å². The van der Waals surface area contributed by atoms with Crippen LogP contribution in [-0.4, -0.2) is 11.8 Å². The first-order valence-corrected chi connectivity index (χ1v) is 7.32. The number of carbonyl (C=O) groups excluding carboxylic acids is 1. The summed E-state index contributed by atoms with van der Waals surface area (Å²) in [4.78, 5) is 11.8. The van der Waals surface area contributed by atoms with E-state index in [1.165, 1.54) is 44.9 Å². The summed E-state index contributed by atoms with van der Waals surface area (Å²) >= 11 is 0. The lowest BCUT2D eigenvalue weighted by molar-refractivity contribution is -0.123. The molecule has 2 heteroatoms. The first kappa shape index (κ1) is 13.1. The summed E-state index contributed by atoms with van der Waals surface area (Å²) in [5.41, 5.74) is 6.74. The van der Waals surface area contributed by atoms with E-state index in [1.807, 2.05) is 13.8 Å². The molecule has 2 aliphatic carbocycles. The van der Waals surface area contributed by atoms with E-state index in [2.05, 4.69) is 0 Å². The fourth-order valence-electron chi connectivity index (χ4n) is 3.61. The molecule has 2 nitrogen and oxygen atoms in total. The Morgan fingerprint density at radius 2 is 1.82 bits per heavy atom. The molecule has 2 saturated carbocycles. The summed E-state index contributed by atoms with van der Waals surface area (Å²) in [5.74, 6) is 1.04. The predicted octanol–water partition coefficient (Wildman–Crippen LogP) is 3.29. The molecule has 1 unspecified atom stereocenters. The van der Waals surface area contributed by atoms with Crippen molar-refractivity contribution in [2.45, 2.75) is 71.3 Å². The molecule has 0 aliphatic heterocycles. The van der Waals surface area contributed by atoms with Crippen molar-refractivity contribution < 1.29 is 4.79 Å². The third kappa shape index (κ3) is 2.90. The Hall–Kier alpha value is -0.370. The molecule has 1 atom stereocenters. The molecular weight excluding hydrogens is 210 g/mol. The van der Waals surface area contributed by atoms with Gasteiger partial charge in [-0.05, 0) is 56.3 Å². The average molecular weight is 237 g/mol. The Morgan fingerprint density at radius 3 is 2.24 bits per heavy atom. The summed E-state index contributed by atoms with van der Waals surface area (Å²) in [6.45, 7) is 3.90. The van der Waals surface area contributed by atoms with Crippen LogP contribution < -0.4 is 5.73 Å². The van der Waals surface area contributed by atoms with Crippen molar-refractivity contribution in [3.63, 3.8) is 0 Å². The van der Waals surface area contributed by atoms with Crippen LogP contribution in [0.25, 0.3) is 0 Å². The molecule has 98 valence electrons. The number of carbonyl (C=O) groups is 1. The maximum absolute atomic E-state index is 11.8. The van der Waals surface area contributed by atoms with Crippen molar-refractivity contribution in [2.24, 2.45) is 23.0 Å². The normalized spacial score (nSPS) is 25.9. The van der Waals surface area contributed by atoms with Crippen LogP contribution in [0.5, 0.6) is 0 Å². The fourth-order valence-corrected chi connectivity index (χ4v) is 3.61. The van der Waals surface area contributed by atoms with Gasteiger partial charge in [-0.3, -0.25) is 4.79 Å². The maximum atomic E-state index is 11.8. The lowest BCUT2D eigenvalue weighted by Crippen LogP contribution is -2.39. The first-order valence-electron chi connectivity index (χ1n) is 7.32. The Labute approximate surface area is 105 Å². The lowest BCUT2D eigenvalue weighted by Gasteiger charge is -2.47. The van der Waals surface area contributed by atoms with Gasteiger partial charge >= 0.3 is 0 Å². The maximum Gasteiger partial charge on any atom is 0.152 e. The second kappa shape index (κ2) is 5.09. The molecule has 2 fully saturated rings. The van der Waals surface area contributed by atoms with E-state index in [-0.39, 0.29) is 17.7 Å². The number of ketones is 1. The molecule has 17 heavy (non-hydrogen) atoms. The summed E-state index contributed by atoms with van der Waals surface area (Å²) in [6.07, 6.45) is 10.7. The minimum atomic E-state index is -0.213. The molecular formula is C15H27NO. The molecule has 2 N–H and O–H groups in total. The molecule has 0 aromatic heterocycles. The Balaban J connectivity index is 1.75. The van der Waals surface area contributed by atoms with Gasteiger partial charge in [0.1, 0.15) is 0 Å². The third-order valence-electron chi connectivity index (χ3n) is 5.10. The molecule has 0 aromatic rings. The lowest BCUT2D eigenvalue weighted by atomic mass is 9.58. The predicted molar refractivity (Wildman–Crippen MR) is 70.7 cm³/mol. The van der Waals surface area contributed by atoms with Crippen molar-refractivity contribution in [2.75, 3.05) is 0 Å². The smallest absolute Gasteiger partial charge is 0.152 e. The average Bonchev–Trinajstić information content (AvgIpc) is 2.26. The van der Waals surface area contributed by atoms with Crippen LogP contribution >= 0.6 is 0 Å². The number of hydrogen-bond acceptors (Lipinski definition) is 2. The molecule has 0 aromatic carbocycles. The molecule has 1 spiro atoms. The van der Waals surface area contributed by atoms with Crippen LogP contribution in [-0.2, 0) is 4.79 Å². The van der Waals surface area contributed by atoms with Crippen LogP contribution in [0.15, 0.2) is 0 Å². The van der Waals surface area contributed by atoms with Gasteiger partial charge in [0.05, 0.1) is 6.04 Å². The van der Waals surface area contributed by atoms with E-state index in [9.17, 15) is 4.79 Å². The zero-order valence-corrected chi connectivity index (χ0v) is 11.4. The van der Waals surface area contributed by atoms with E-state index >= 15 is 0 Å². The van der Waals surface area contributed by atoms with Crippen molar-refractivity contribution in [3.8, 4) is 0 Å². The van der Waals surface area contributed by atoms with Gasteiger partial charge in [-0.25, -0.2) is 0 Å². The fraction of sp³-hybridized carbons (Fsp3) is 0.933. The Bertz CT molecular complexity index is 271. The van der Waals surface area contributed by atoms with E-state index in [4.69, 9.17) is 5.73 Å². The SMILES string of the molecule is CC(C)C(=O)C(N)CC1CCC2(CCC2)CC1.